The van der Waals surface area contributed by atoms with Crippen molar-refractivity contribution in [2.45, 2.75) is 50.0 Å². The second-order valence-electron chi connectivity index (χ2n) is 9.76. The Hall–Kier alpha value is -4.17. The Balaban J connectivity index is 0.000000301. The molecule has 4 heterocycles. The lowest BCUT2D eigenvalue weighted by Gasteiger charge is -2.44. The molecular formula is C27H27F9N4O6S. The second kappa shape index (κ2) is 16.1. The number of aromatic nitrogens is 2. The van der Waals surface area contributed by atoms with Crippen LogP contribution in [0.5, 0.6) is 0 Å². The molecule has 0 bridgehead atoms. The highest BCUT2D eigenvalue weighted by molar-refractivity contribution is 7.09. The third-order valence-electron chi connectivity index (χ3n) is 6.55. The van der Waals surface area contributed by atoms with Crippen molar-refractivity contribution in [2.24, 2.45) is 0 Å². The molecule has 0 saturated carbocycles. The molecule has 5 rings (SSSR count). The summed E-state index contributed by atoms with van der Waals surface area (Å²) in [6, 6.07) is 15.0. The summed E-state index contributed by atoms with van der Waals surface area (Å²) in [7, 11) is 0. The lowest BCUT2D eigenvalue weighted by atomic mass is 9.85. The molecule has 0 atom stereocenters. The van der Waals surface area contributed by atoms with Crippen LogP contribution < -0.4 is 5.32 Å². The first-order valence-electron chi connectivity index (χ1n) is 13.2. The standard InChI is InChI=1S/C21H24N4S.3C2HF3O2/c1-2-5-17(6-3-1)19-15-22-20-21(23-10-13-25(19)20)8-11-24(12-9-21)16-18-7-4-14-26-18;3*3-2(4,5)1(6)7/h1-7,14-15,23H,8-13,16H2;3*(H,6,7). The highest BCUT2D eigenvalue weighted by Gasteiger charge is 2.42. The summed E-state index contributed by atoms with van der Waals surface area (Å²) in [5, 5.41) is 27.4. The minimum absolute atomic E-state index is 0.0389. The number of aliphatic carboxylic acids is 3. The van der Waals surface area contributed by atoms with Crippen LogP contribution in [0.2, 0.25) is 0 Å². The predicted molar refractivity (Wildman–Crippen MR) is 147 cm³/mol. The molecule has 47 heavy (non-hydrogen) atoms. The Kier molecular flexibility index (Phi) is 13.4. The molecule has 0 amide bonds. The molecule has 0 unspecified atom stereocenters. The maximum absolute atomic E-state index is 10.6. The minimum atomic E-state index is -5.08. The molecule has 2 aliphatic rings. The number of rotatable bonds is 3. The smallest absolute Gasteiger partial charge is 0.475 e. The molecule has 1 saturated heterocycles. The molecule has 260 valence electrons. The molecule has 1 spiro atoms. The summed E-state index contributed by atoms with van der Waals surface area (Å²) in [5.41, 5.74) is 2.55. The SMILES string of the molecule is O=C(O)C(F)(F)F.O=C(O)C(F)(F)F.O=C(O)C(F)(F)F.c1ccc(-c2cnc3n2CCNC32CCN(Cc3cccs3)CC2)cc1. The average Bonchev–Trinajstić information content (AvgIpc) is 3.65. The van der Waals surface area contributed by atoms with Gasteiger partial charge in [-0.2, -0.15) is 39.5 Å². The lowest BCUT2D eigenvalue weighted by Crippen LogP contribution is -2.55. The molecule has 0 radical (unpaired) electrons. The van der Waals surface area contributed by atoms with Gasteiger partial charge in [-0.05, 0) is 29.9 Å². The van der Waals surface area contributed by atoms with Crippen LogP contribution in [0.15, 0.2) is 54.0 Å². The largest absolute Gasteiger partial charge is 0.490 e. The zero-order valence-corrected chi connectivity index (χ0v) is 24.7. The topological polar surface area (TPSA) is 145 Å². The van der Waals surface area contributed by atoms with Gasteiger partial charge in [0.05, 0.1) is 17.4 Å². The number of alkyl halides is 9. The van der Waals surface area contributed by atoms with Crippen LogP contribution in [0.3, 0.4) is 0 Å². The van der Waals surface area contributed by atoms with Crippen LogP contribution in [-0.4, -0.2) is 85.8 Å². The van der Waals surface area contributed by atoms with E-state index in [9.17, 15) is 39.5 Å². The van der Waals surface area contributed by atoms with Gasteiger partial charge in [0.25, 0.3) is 0 Å². The molecule has 10 nitrogen and oxygen atoms in total. The Morgan fingerprint density at radius 3 is 1.70 bits per heavy atom. The van der Waals surface area contributed by atoms with Crippen LogP contribution in [0.1, 0.15) is 23.5 Å². The fourth-order valence-corrected chi connectivity index (χ4v) is 5.17. The van der Waals surface area contributed by atoms with E-state index in [2.05, 4.69) is 68.8 Å². The average molecular weight is 707 g/mol. The number of nitrogens with one attached hydrogen (secondary N) is 1. The van der Waals surface area contributed by atoms with Crippen molar-refractivity contribution < 1.29 is 69.2 Å². The summed E-state index contributed by atoms with van der Waals surface area (Å²) in [6.07, 6.45) is -10.9. The number of carbonyl (C=O) groups is 3. The summed E-state index contributed by atoms with van der Waals surface area (Å²) in [4.78, 5) is 35.6. The van der Waals surface area contributed by atoms with E-state index in [0.717, 1.165) is 45.6 Å². The van der Waals surface area contributed by atoms with E-state index in [-0.39, 0.29) is 5.54 Å². The fourth-order valence-electron chi connectivity index (χ4n) is 4.43. The molecular weight excluding hydrogens is 679 g/mol. The first-order chi connectivity index (χ1) is 21.7. The number of benzene rings is 1. The van der Waals surface area contributed by atoms with Gasteiger partial charge >= 0.3 is 36.4 Å². The Bertz CT molecular complexity index is 1390. The molecule has 1 aromatic carbocycles. The van der Waals surface area contributed by atoms with Crippen LogP contribution >= 0.6 is 11.3 Å². The van der Waals surface area contributed by atoms with E-state index in [4.69, 9.17) is 34.7 Å². The van der Waals surface area contributed by atoms with E-state index in [1.807, 2.05) is 11.3 Å². The molecule has 1 fully saturated rings. The van der Waals surface area contributed by atoms with Crippen LogP contribution in [0.4, 0.5) is 39.5 Å². The maximum Gasteiger partial charge on any atom is 0.490 e. The van der Waals surface area contributed by atoms with E-state index in [1.54, 1.807) is 0 Å². The number of thiophene rings is 1. The zero-order chi connectivity index (χ0) is 35.6. The van der Waals surface area contributed by atoms with Gasteiger partial charge in [-0.15, -0.1) is 11.3 Å². The van der Waals surface area contributed by atoms with Gasteiger partial charge in [-0.3, -0.25) is 4.90 Å². The van der Waals surface area contributed by atoms with Crippen molar-refractivity contribution in [3.05, 3.63) is 64.7 Å². The molecule has 2 aromatic heterocycles. The Labute approximate surface area is 264 Å². The number of hydrogen-bond acceptors (Lipinski definition) is 7. The van der Waals surface area contributed by atoms with Gasteiger partial charge in [-0.25, -0.2) is 19.4 Å². The summed E-state index contributed by atoms with van der Waals surface area (Å²) >= 11 is 1.86. The van der Waals surface area contributed by atoms with Crippen LogP contribution in [0, 0.1) is 0 Å². The number of carboxylic acids is 3. The van der Waals surface area contributed by atoms with Gasteiger partial charge in [0.2, 0.25) is 0 Å². The molecule has 4 N–H and O–H groups in total. The van der Waals surface area contributed by atoms with E-state index in [1.165, 1.54) is 22.0 Å². The summed E-state index contributed by atoms with van der Waals surface area (Å²) in [6.45, 7) is 5.35. The van der Waals surface area contributed by atoms with Crippen LogP contribution in [0.25, 0.3) is 11.3 Å². The van der Waals surface area contributed by atoms with Gasteiger partial charge in [0.1, 0.15) is 5.82 Å². The quantitative estimate of drug-likeness (QED) is 0.256. The third-order valence-corrected chi connectivity index (χ3v) is 7.41. The first-order valence-corrected chi connectivity index (χ1v) is 14.1. The molecule has 3 aromatic rings. The summed E-state index contributed by atoms with van der Waals surface area (Å²) in [5.74, 6) is -7.04. The first kappa shape index (κ1) is 39.0. The Morgan fingerprint density at radius 1 is 0.787 bits per heavy atom. The number of likely N-dealkylation sites (tertiary alicyclic amines) is 1. The minimum Gasteiger partial charge on any atom is -0.475 e. The third kappa shape index (κ3) is 11.9. The molecule has 0 aliphatic carbocycles. The fraction of sp³-hybridized carbons (Fsp3) is 0.407. The zero-order valence-electron chi connectivity index (χ0n) is 23.9. The number of fused-ring (bicyclic) bond motifs is 2. The molecule has 20 heteroatoms. The summed E-state index contributed by atoms with van der Waals surface area (Å²) < 4.78 is 97.7. The number of halogens is 9. The highest BCUT2D eigenvalue weighted by Crippen LogP contribution is 2.37. The van der Waals surface area contributed by atoms with Crippen molar-refractivity contribution in [1.29, 1.82) is 0 Å². The number of nitrogens with zero attached hydrogens (tertiary/aromatic N) is 3. The van der Waals surface area contributed by atoms with Crippen molar-refractivity contribution >= 4 is 29.2 Å². The lowest BCUT2D eigenvalue weighted by molar-refractivity contribution is -0.193. The normalized spacial score (nSPS) is 15.9. The van der Waals surface area contributed by atoms with Gasteiger partial charge < -0.3 is 25.2 Å². The second-order valence-corrected chi connectivity index (χ2v) is 10.8. The van der Waals surface area contributed by atoms with Crippen molar-refractivity contribution in [2.75, 3.05) is 19.6 Å². The van der Waals surface area contributed by atoms with Gasteiger partial charge in [0, 0.05) is 37.6 Å². The van der Waals surface area contributed by atoms with E-state index in [0.29, 0.717) is 0 Å². The van der Waals surface area contributed by atoms with Gasteiger partial charge in [-0.1, -0.05) is 36.4 Å². The van der Waals surface area contributed by atoms with E-state index < -0.39 is 36.4 Å². The maximum atomic E-state index is 10.6. The number of hydrogen-bond donors (Lipinski definition) is 4. The highest BCUT2D eigenvalue weighted by atomic mass is 32.1. The van der Waals surface area contributed by atoms with Crippen molar-refractivity contribution in [1.82, 2.24) is 19.8 Å². The molecule has 2 aliphatic heterocycles. The predicted octanol–water partition coefficient (Wildman–Crippen LogP) is 5.61. The van der Waals surface area contributed by atoms with Crippen molar-refractivity contribution in [3.63, 3.8) is 0 Å². The number of imidazole rings is 1. The van der Waals surface area contributed by atoms with E-state index >= 15 is 0 Å². The monoisotopic (exact) mass is 706 g/mol. The van der Waals surface area contributed by atoms with Crippen molar-refractivity contribution in [3.8, 4) is 11.3 Å². The van der Waals surface area contributed by atoms with Crippen LogP contribution in [-0.2, 0) is 33.0 Å². The number of carboxylic acid groups (broad SMARTS) is 3. The van der Waals surface area contributed by atoms with Gasteiger partial charge in [0.15, 0.2) is 0 Å². The number of piperidine rings is 1. The Morgan fingerprint density at radius 2 is 1.28 bits per heavy atom.